The van der Waals surface area contributed by atoms with Crippen molar-refractivity contribution in [1.29, 1.82) is 0 Å². The van der Waals surface area contributed by atoms with E-state index in [-0.39, 0.29) is 6.04 Å². The first kappa shape index (κ1) is 13.2. The van der Waals surface area contributed by atoms with Crippen molar-refractivity contribution in [3.8, 4) is 0 Å². The first-order valence-corrected chi connectivity index (χ1v) is 7.22. The van der Waals surface area contributed by atoms with Gasteiger partial charge in [-0.25, -0.2) is 9.48 Å². The van der Waals surface area contributed by atoms with Crippen molar-refractivity contribution >= 4 is 16.4 Å². The van der Waals surface area contributed by atoms with Crippen LogP contribution in [0.1, 0.15) is 24.7 Å². The SMILES string of the molecule is Cn1nnnc1[C@H]1CC[C@@H]2CN1C(=O)N2OS(=O)(=O)O. The highest BCUT2D eigenvalue weighted by Crippen LogP contribution is 2.37. The third-order valence-corrected chi connectivity index (χ3v) is 3.80. The number of aryl methyl sites for hydroxylation is 1. The zero-order valence-electron chi connectivity index (χ0n) is 10.4. The Labute approximate surface area is 114 Å². The molecule has 2 amide bonds. The van der Waals surface area contributed by atoms with Crippen molar-refractivity contribution < 1.29 is 22.0 Å². The smallest absolute Gasteiger partial charge is 0.310 e. The molecule has 12 heteroatoms. The lowest BCUT2D eigenvalue weighted by Gasteiger charge is -2.28. The van der Waals surface area contributed by atoms with E-state index in [1.165, 1.54) is 9.58 Å². The predicted octanol–water partition coefficient (Wildman–Crippen LogP) is -1.11. The fourth-order valence-corrected chi connectivity index (χ4v) is 3.01. The van der Waals surface area contributed by atoms with E-state index in [1.807, 2.05) is 0 Å². The highest BCUT2D eigenvalue weighted by Gasteiger charge is 2.48. The Morgan fingerprint density at radius 3 is 2.75 bits per heavy atom. The quantitative estimate of drug-likeness (QED) is 0.695. The Balaban J connectivity index is 1.86. The van der Waals surface area contributed by atoms with Gasteiger partial charge in [0.1, 0.15) is 0 Å². The molecule has 2 atom stereocenters. The van der Waals surface area contributed by atoms with E-state index in [0.29, 0.717) is 30.3 Å². The highest BCUT2D eigenvalue weighted by atomic mass is 32.3. The van der Waals surface area contributed by atoms with Crippen LogP contribution in [0.5, 0.6) is 0 Å². The predicted molar refractivity (Wildman–Crippen MR) is 61.1 cm³/mol. The van der Waals surface area contributed by atoms with E-state index in [1.54, 1.807) is 7.05 Å². The maximum atomic E-state index is 12.2. The summed E-state index contributed by atoms with van der Waals surface area (Å²) in [5.74, 6) is 0.519. The van der Waals surface area contributed by atoms with Crippen LogP contribution in [0.3, 0.4) is 0 Å². The zero-order chi connectivity index (χ0) is 14.5. The number of fused-ring (bicyclic) bond motifs is 2. The third kappa shape index (κ3) is 2.10. The third-order valence-electron chi connectivity index (χ3n) is 3.45. The summed E-state index contributed by atoms with van der Waals surface area (Å²) < 4.78 is 36.0. The molecule has 2 bridgehead atoms. The molecule has 2 aliphatic heterocycles. The molecule has 1 aromatic rings. The van der Waals surface area contributed by atoms with E-state index in [0.717, 1.165) is 0 Å². The summed E-state index contributed by atoms with van der Waals surface area (Å²) >= 11 is 0. The van der Waals surface area contributed by atoms with Gasteiger partial charge in [0.2, 0.25) is 0 Å². The van der Waals surface area contributed by atoms with E-state index >= 15 is 0 Å². The molecule has 0 saturated carbocycles. The van der Waals surface area contributed by atoms with Crippen molar-refractivity contribution in [2.45, 2.75) is 24.9 Å². The van der Waals surface area contributed by atoms with Gasteiger partial charge < -0.3 is 4.90 Å². The van der Waals surface area contributed by atoms with Gasteiger partial charge in [-0.15, -0.1) is 9.38 Å². The molecule has 20 heavy (non-hydrogen) atoms. The van der Waals surface area contributed by atoms with E-state index in [9.17, 15) is 13.2 Å². The maximum Gasteiger partial charge on any atom is 0.418 e. The van der Waals surface area contributed by atoms with Crippen LogP contribution in [0, 0.1) is 0 Å². The Morgan fingerprint density at radius 1 is 1.40 bits per heavy atom. The van der Waals surface area contributed by atoms with Gasteiger partial charge in [-0.1, -0.05) is 0 Å². The van der Waals surface area contributed by atoms with Crippen molar-refractivity contribution in [3.63, 3.8) is 0 Å². The molecule has 0 unspecified atom stereocenters. The summed E-state index contributed by atoms with van der Waals surface area (Å²) in [6.45, 7) is 0.297. The molecule has 3 rings (SSSR count). The standard InChI is InChI=1S/C8H12N6O5S/c1-12-7(9-10-11-12)6-3-2-5-4-13(6)8(15)14(5)19-20(16,17)18/h5-6H,2-4H2,1H3,(H,16,17,18)/t5-,6-/m1/s1. The van der Waals surface area contributed by atoms with Crippen LogP contribution in [-0.4, -0.2) is 61.8 Å². The van der Waals surface area contributed by atoms with Gasteiger partial charge in [0, 0.05) is 13.6 Å². The Kier molecular flexibility index (Phi) is 2.88. The Hall–Kier alpha value is -1.79. The lowest BCUT2D eigenvalue weighted by molar-refractivity contribution is -0.0317. The van der Waals surface area contributed by atoms with Gasteiger partial charge in [-0.2, -0.15) is 13.5 Å². The molecule has 0 aliphatic carbocycles. The molecule has 1 aromatic heterocycles. The number of amides is 2. The summed E-state index contributed by atoms with van der Waals surface area (Å²) in [6, 6.07) is -1.38. The lowest BCUT2D eigenvalue weighted by Crippen LogP contribution is -2.35. The monoisotopic (exact) mass is 304 g/mol. The Morgan fingerprint density at radius 2 is 2.15 bits per heavy atom. The van der Waals surface area contributed by atoms with E-state index < -0.39 is 22.5 Å². The molecule has 110 valence electrons. The number of rotatable bonds is 3. The molecule has 2 fully saturated rings. The average molecular weight is 304 g/mol. The van der Waals surface area contributed by atoms with Crippen molar-refractivity contribution in [2.75, 3.05) is 6.54 Å². The topological polar surface area (TPSA) is 131 Å². The summed E-state index contributed by atoms with van der Waals surface area (Å²) in [5, 5.41) is 11.8. The fourth-order valence-electron chi connectivity index (χ4n) is 2.62. The Bertz CT molecular complexity index is 644. The zero-order valence-corrected chi connectivity index (χ0v) is 11.3. The van der Waals surface area contributed by atoms with Crippen molar-refractivity contribution in [2.24, 2.45) is 7.05 Å². The number of hydrogen-bond donors (Lipinski definition) is 1. The van der Waals surface area contributed by atoms with Crippen LogP contribution in [0.4, 0.5) is 4.79 Å². The fraction of sp³-hybridized carbons (Fsp3) is 0.750. The van der Waals surface area contributed by atoms with Gasteiger partial charge in [-0.3, -0.25) is 4.55 Å². The molecule has 0 aromatic carbocycles. The largest absolute Gasteiger partial charge is 0.418 e. The number of carbonyl (C=O) groups excluding carboxylic acids is 1. The summed E-state index contributed by atoms with van der Waals surface area (Å²) in [7, 11) is -3.06. The minimum absolute atomic E-state index is 0.297. The maximum absolute atomic E-state index is 12.2. The van der Waals surface area contributed by atoms with Gasteiger partial charge >= 0.3 is 16.4 Å². The van der Waals surface area contributed by atoms with Gasteiger partial charge in [-0.05, 0) is 23.3 Å². The van der Waals surface area contributed by atoms with Crippen molar-refractivity contribution in [3.05, 3.63) is 5.82 Å². The number of aromatic nitrogens is 4. The van der Waals surface area contributed by atoms with Crippen LogP contribution in [0.25, 0.3) is 0 Å². The minimum atomic E-state index is -4.73. The van der Waals surface area contributed by atoms with Crippen LogP contribution in [0.15, 0.2) is 0 Å². The summed E-state index contributed by atoms with van der Waals surface area (Å²) in [6.07, 6.45) is 1.10. The second kappa shape index (κ2) is 4.36. The molecule has 11 nitrogen and oxygen atoms in total. The summed E-state index contributed by atoms with van der Waals surface area (Å²) in [5.41, 5.74) is 0. The normalized spacial score (nSPS) is 26.4. The molecule has 2 saturated heterocycles. The second-order valence-electron chi connectivity index (χ2n) is 4.67. The number of nitrogens with zero attached hydrogens (tertiary/aromatic N) is 6. The van der Waals surface area contributed by atoms with Crippen LogP contribution in [0.2, 0.25) is 0 Å². The molecular formula is C8H12N6O5S. The molecule has 0 spiro atoms. The number of tetrazole rings is 1. The lowest BCUT2D eigenvalue weighted by atomic mass is 10.0. The van der Waals surface area contributed by atoms with E-state index in [4.69, 9.17) is 4.55 Å². The minimum Gasteiger partial charge on any atom is -0.310 e. The van der Waals surface area contributed by atoms with Gasteiger partial charge in [0.25, 0.3) is 0 Å². The van der Waals surface area contributed by atoms with Crippen LogP contribution >= 0.6 is 0 Å². The number of piperidine rings is 1. The van der Waals surface area contributed by atoms with Crippen LogP contribution < -0.4 is 0 Å². The highest BCUT2D eigenvalue weighted by molar-refractivity contribution is 7.80. The number of hydrogen-bond acceptors (Lipinski definition) is 7. The first-order chi connectivity index (χ1) is 9.37. The second-order valence-corrected chi connectivity index (χ2v) is 5.68. The van der Waals surface area contributed by atoms with Gasteiger partial charge in [0.05, 0.1) is 12.1 Å². The molecule has 3 heterocycles. The molecule has 1 N–H and O–H groups in total. The number of hydroxylamine groups is 2. The average Bonchev–Trinajstić information content (AvgIpc) is 2.87. The van der Waals surface area contributed by atoms with Crippen molar-refractivity contribution in [1.82, 2.24) is 30.2 Å². The first-order valence-electron chi connectivity index (χ1n) is 5.86. The van der Waals surface area contributed by atoms with Gasteiger partial charge in [0.15, 0.2) is 5.82 Å². The molecular weight excluding hydrogens is 292 g/mol. The molecule has 0 radical (unpaired) electrons. The number of carbonyl (C=O) groups is 1. The van der Waals surface area contributed by atoms with E-state index in [2.05, 4.69) is 19.8 Å². The number of urea groups is 1. The summed E-state index contributed by atoms with van der Waals surface area (Å²) in [4.78, 5) is 13.6. The van der Waals surface area contributed by atoms with Crippen LogP contribution in [-0.2, 0) is 21.7 Å². The molecule has 2 aliphatic rings.